The lowest BCUT2D eigenvalue weighted by molar-refractivity contribution is -0.253. The van der Waals surface area contributed by atoms with E-state index in [-0.39, 0.29) is 16.9 Å². The van der Waals surface area contributed by atoms with Gasteiger partial charge in [0.25, 0.3) is 0 Å². The molecule has 2 aromatic carbocycles. The van der Waals surface area contributed by atoms with E-state index in [1.165, 1.54) is 24.4 Å². The van der Waals surface area contributed by atoms with Crippen molar-refractivity contribution >= 4 is 46.9 Å². The first-order valence-electron chi connectivity index (χ1n) is 8.52. The van der Waals surface area contributed by atoms with Crippen molar-refractivity contribution in [2.75, 3.05) is 10.7 Å². The van der Waals surface area contributed by atoms with Gasteiger partial charge in [-0.05, 0) is 42.0 Å². The van der Waals surface area contributed by atoms with E-state index in [4.69, 9.17) is 23.2 Å². The lowest BCUT2D eigenvalue weighted by atomic mass is 10.2. The highest BCUT2D eigenvalue weighted by molar-refractivity contribution is 6.30. The van der Waals surface area contributed by atoms with Gasteiger partial charge >= 0.3 is 12.5 Å². The van der Waals surface area contributed by atoms with Gasteiger partial charge in [0.2, 0.25) is 5.95 Å². The number of anilines is 3. The molecule has 1 heterocycles. The molecule has 0 amide bonds. The number of hydrazone groups is 1. The molecule has 2 N–H and O–H groups in total. The Bertz CT molecular complexity index is 1050. The Kier molecular flexibility index (Phi) is 7.13. The molecule has 0 saturated heterocycles. The Balaban J connectivity index is 1.65. The molecular weight excluding hydrogens is 461 g/mol. The molecule has 0 atom stereocenters. The number of rotatable bonds is 8. The van der Waals surface area contributed by atoms with Crippen molar-refractivity contribution in [3.63, 3.8) is 0 Å². The van der Waals surface area contributed by atoms with Crippen molar-refractivity contribution in [1.82, 2.24) is 9.97 Å². The van der Waals surface area contributed by atoms with Gasteiger partial charge in [-0.2, -0.15) is 32.6 Å². The van der Waals surface area contributed by atoms with Crippen molar-refractivity contribution in [3.05, 3.63) is 70.3 Å². The summed E-state index contributed by atoms with van der Waals surface area (Å²) in [5, 5.41) is 7.60. The van der Waals surface area contributed by atoms with E-state index >= 15 is 0 Å². The molecule has 6 nitrogen and oxygen atoms in total. The van der Waals surface area contributed by atoms with Crippen molar-refractivity contribution in [2.45, 2.75) is 12.5 Å². The second-order valence-electron chi connectivity index (χ2n) is 5.94. The van der Waals surface area contributed by atoms with Crippen LogP contribution in [0.3, 0.4) is 0 Å². The molecular formula is C19H13Cl2F4N5O. The van der Waals surface area contributed by atoms with E-state index in [9.17, 15) is 17.6 Å². The van der Waals surface area contributed by atoms with Crippen molar-refractivity contribution in [1.29, 1.82) is 0 Å². The van der Waals surface area contributed by atoms with Crippen LogP contribution >= 0.6 is 23.2 Å². The maximum Gasteiger partial charge on any atom is 0.461 e. The van der Waals surface area contributed by atoms with Crippen LogP contribution in [0.25, 0.3) is 0 Å². The van der Waals surface area contributed by atoms with E-state index in [1.54, 1.807) is 24.3 Å². The molecule has 0 fully saturated rings. The summed E-state index contributed by atoms with van der Waals surface area (Å²) in [4.78, 5) is 8.16. The third kappa shape index (κ3) is 6.69. The SMILES string of the molecule is FC(F)C(F)(F)Oc1ccc(Nc2cc(Cl)nc(N/N=C/c3ccc(Cl)cc3)n2)cc1. The van der Waals surface area contributed by atoms with Crippen LogP contribution in [0.2, 0.25) is 10.2 Å². The summed E-state index contributed by atoms with van der Waals surface area (Å²) in [7, 11) is 0. The van der Waals surface area contributed by atoms with E-state index in [0.29, 0.717) is 10.7 Å². The zero-order chi connectivity index (χ0) is 22.4. The van der Waals surface area contributed by atoms with Crippen LogP contribution in [0.4, 0.5) is 35.0 Å². The first-order chi connectivity index (χ1) is 14.7. The molecule has 0 aliphatic carbocycles. The van der Waals surface area contributed by atoms with Gasteiger partial charge in [0.05, 0.1) is 6.21 Å². The molecule has 0 aliphatic rings. The fraction of sp³-hybridized carbons (Fsp3) is 0.105. The Morgan fingerprint density at radius 1 is 1.00 bits per heavy atom. The molecule has 162 valence electrons. The Hall–Kier alpha value is -3.11. The first-order valence-corrected chi connectivity index (χ1v) is 9.28. The lowest BCUT2D eigenvalue weighted by Crippen LogP contribution is -2.33. The number of nitrogens with one attached hydrogen (secondary N) is 2. The van der Waals surface area contributed by atoms with Gasteiger partial charge in [-0.15, -0.1) is 0 Å². The van der Waals surface area contributed by atoms with Gasteiger partial charge in [-0.3, -0.25) is 0 Å². The smallest absolute Gasteiger partial charge is 0.428 e. The van der Waals surface area contributed by atoms with Crippen LogP contribution in [0, 0.1) is 0 Å². The molecule has 31 heavy (non-hydrogen) atoms. The van der Waals surface area contributed by atoms with E-state index in [2.05, 4.69) is 30.5 Å². The van der Waals surface area contributed by atoms with Gasteiger partial charge < -0.3 is 10.1 Å². The van der Waals surface area contributed by atoms with Crippen LogP contribution in [0.15, 0.2) is 59.7 Å². The summed E-state index contributed by atoms with van der Waals surface area (Å²) in [5.74, 6) is -0.0528. The summed E-state index contributed by atoms with van der Waals surface area (Å²) >= 11 is 11.8. The second kappa shape index (κ2) is 9.80. The highest BCUT2D eigenvalue weighted by Crippen LogP contribution is 2.29. The predicted octanol–water partition coefficient (Wildman–Crippen LogP) is 6.21. The van der Waals surface area contributed by atoms with Crippen molar-refractivity contribution in [2.24, 2.45) is 5.10 Å². The topological polar surface area (TPSA) is 71.4 Å². The minimum atomic E-state index is -4.58. The molecule has 0 radical (unpaired) electrons. The summed E-state index contributed by atoms with van der Waals surface area (Å²) in [6.07, 6.45) is -6.99. The normalized spacial score (nSPS) is 11.7. The fourth-order valence-electron chi connectivity index (χ4n) is 2.20. The van der Waals surface area contributed by atoms with Crippen LogP contribution in [0.1, 0.15) is 5.56 Å². The number of benzene rings is 2. The zero-order valence-corrected chi connectivity index (χ0v) is 16.9. The van der Waals surface area contributed by atoms with E-state index in [1.807, 2.05) is 0 Å². The number of nitrogens with zero attached hydrogens (tertiary/aromatic N) is 3. The predicted molar refractivity (Wildman–Crippen MR) is 111 cm³/mol. The molecule has 0 unspecified atom stereocenters. The summed E-state index contributed by atoms with van der Waals surface area (Å²) in [6, 6.07) is 13.3. The Morgan fingerprint density at radius 3 is 2.32 bits per heavy atom. The molecule has 12 heteroatoms. The quantitative estimate of drug-likeness (QED) is 0.176. The van der Waals surface area contributed by atoms with E-state index in [0.717, 1.165) is 17.7 Å². The van der Waals surface area contributed by atoms with Crippen molar-refractivity contribution < 1.29 is 22.3 Å². The van der Waals surface area contributed by atoms with Gasteiger partial charge in [0.15, 0.2) is 0 Å². The maximum atomic E-state index is 13.0. The molecule has 0 aliphatic heterocycles. The van der Waals surface area contributed by atoms with Crippen molar-refractivity contribution in [3.8, 4) is 5.75 Å². The molecule has 0 spiro atoms. The minimum absolute atomic E-state index is 0.0942. The Morgan fingerprint density at radius 2 is 1.68 bits per heavy atom. The average molecular weight is 474 g/mol. The number of alkyl halides is 4. The molecule has 0 bridgehead atoms. The minimum Gasteiger partial charge on any atom is -0.428 e. The third-order valence-electron chi connectivity index (χ3n) is 3.58. The van der Waals surface area contributed by atoms with Crippen LogP contribution in [-0.2, 0) is 0 Å². The highest BCUT2D eigenvalue weighted by atomic mass is 35.5. The standard InChI is InChI=1S/C19H13Cl2F4N5O/c20-12-3-1-11(2-4-12)10-26-30-18-28-15(21)9-16(29-18)27-13-5-7-14(8-6-13)31-19(24,25)17(22)23/h1-10,17H,(H2,27,28,29,30)/b26-10+. The van der Waals surface area contributed by atoms with E-state index < -0.39 is 18.3 Å². The monoisotopic (exact) mass is 473 g/mol. The number of hydrogen-bond acceptors (Lipinski definition) is 6. The number of aromatic nitrogens is 2. The second-order valence-corrected chi connectivity index (χ2v) is 6.76. The summed E-state index contributed by atoms with van der Waals surface area (Å²) in [5.41, 5.74) is 3.84. The average Bonchev–Trinajstić information content (AvgIpc) is 2.70. The van der Waals surface area contributed by atoms with Crippen LogP contribution in [0.5, 0.6) is 5.75 Å². The largest absolute Gasteiger partial charge is 0.461 e. The molecule has 0 saturated carbocycles. The zero-order valence-electron chi connectivity index (χ0n) is 15.4. The fourth-order valence-corrected chi connectivity index (χ4v) is 2.51. The van der Waals surface area contributed by atoms with Gasteiger partial charge in [0, 0.05) is 16.8 Å². The number of hydrogen-bond donors (Lipinski definition) is 2. The van der Waals surface area contributed by atoms with Gasteiger partial charge in [-0.25, -0.2) is 5.43 Å². The highest BCUT2D eigenvalue weighted by Gasteiger charge is 2.43. The number of ether oxygens (including phenoxy) is 1. The summed E-state index contributed by atoms with van der Waals surface area (Å²) in [6.45, 7) is 0. The van der Waals surface area contributed by atoms with Gasteiger partial charge in [-0.1, -0.05) is 35.3 Å². The van der Waals surface area contributed by atoms with Gasteiger partial charge in [0.1, 0.15) is 16.7 Å². The first kappa shape index (κ1) is 22.6. The van der Waals surface area contributed by atoms with Crippen LogP contribution < -0.4 is 15.5 Å². The molecule has 3 aromatic rings. The maximum absolute atomic E-state index is 13.0. The number of halogens is 6. The molecule has 1 aromatic heterocycles. The Labute approximate surface area is 183 Å². The third-order valence-corrected chi connectivity index (χ3v) is 4.02. The molecule has 3 rings (SSSR count). The van der Waals surface area contributed by atoms with Crippen LogP contribution in [-0.4, -0.2) is 28.7 Å². The summed E-state index contributed by atoms with van der Waals surface area (Å²) < 4.78 is 54.3. The lowest BCUT2D eigenvalue weighted by Gasteiger charge is -2.17.